The van der Waals surface area contributed by atoms with Crippen LogP contribution in [-0.2, 0) is 11.2 Å². The Morgan fingerprint density at radius 2 is 1.74 bits per heavy atom. The zero-order valence-electron chi connectivity index (χ0n) is 26.8. The van der Waals surface area contributed by atoms with Crippen molar-refractivity contribution in [1.29, 1.82) is 0 Å². The van der Waals surface area contributed by atoms with E-state index in [0.29, 0.717) is 47.9 Å². The van der Waals surface area contributed by atoms with Crippen molar-refractivity contribution in [1.82, 2.24) is 20.2 Å². The first-order chi connectivity index (χ1) is 22.6. The molecule has 3 aromatic carbocycles. The minimum absolute atomic E-state index is 0.113. The standard InChI is InChI=1S/C38H44FN5O2/c1-2-24-5-3-6-25-7-4-8-30(33(24)25)31-13-14-32-35(34(31)39)41-37(42-36(32)43-18-15-26-9-10-27(19-43)40-26)46-23-38(16-17-38)22-44-28-11-12-29(44)21-45-20-28/h3-8,13-14,26-29,40H,2,9-12,15-23H2,1H3/t26-,27+,28?,29?/m1/s1. The van der Waals surface area contributed by atoms with Gasteiger partial charge in [0.05, 0.1) is 19.8 Å². The average molecular weight is 622 g/mol. The van der Waals surface area contributed by atoms with Gasteiger partial charge in [-0.05, 0) is 79.3 Å². The van der Waals surface area contributed by atoms with Crippen LogP contribution in [-0.4, -0.2) is 78.5 Å². The van der Waals surface area contributed by atoms with E-state index in [1.54, 1.807) is 0 Å². The maximum atomic E-state index is 17.0. The van der Waals surface area contributed by atoms with E-state index >= 15 is 4.39 Å². The Balaban J connectivity index is 1.10. The third-order valence-electron chi connectivity index (χ3n) is 11.6. The van der Waals surface area contributed by atoms with Crippen molar-refractivity contribution in [2.45, 2.75) is 82.5 Å². The van der Waals surface area contributed by atoms with Crippen molar-refractivity contribution in [3.05, 3.63) is 59.9 Å². The molecule has 46 heavy (non-hydrogen) atoms. The molecule has 4 aromatic rings. The number of nitrogens with zero attached hydrogens (tertiary/aromatic N) is 4. The van der Waals surface area contributed by atoms with Gasteiger partial charge in [-0.15, -0.1) is 0 Å². The highest BCUT2D eigenvalue weighted by molar-refractivity contribution is 6.02. The predicted octanol–water partition coefficient (Wildman–Crippen LogP) is 6.50. The molecule has 4 atom stereocenters. The normalized spacial score (nSPS) is 27.0. The van der Waals surface area contributed by atoms with Gasteiger partial charge in [0.2, 0.25) is 0 Å². The van der Waals surface area contributed by atoms with Gasteiger partial charge in [0.1, 0.15) is 11.3 Å². The third-order valence-corrected chi connectivity index (χ3v) is 11.6. The van der Waals surface area contributed by atoms with E-state index in [9.17, 15) is 0 Å². The molecule has 1 saturated carbocycles. The fraction of sp³-hybridized carbons (Fsp3) is 0.526. The summed E-state index contributed by atoms with van der Waals surface area (Å²) in [5.41, 5.74) is 3.16. The molecular formula is C38H44FN5O2. The second-order valence-corrected chi connectivity index (χ2v) is 14.6. The van der Waals surface area contributed by atoms with E-state index in [2.05, 4.69) is 46.3 Å². The van der Waals surface area contributed by atoms with Gasteiger partial charge in [-0.3, -0.25) is 4.90 Å². The number of aromatic nitrogens is 2. The second kappa shape index (κ2) is 11.4. The van der Waals surface area contributed by atoms with Gasteiger partial charge in [-0.25, -0.2) is 4.39 Å². The number of fused-ring (bicyclic) bond motifs is 6. The lowest BCUT2D eigenvalue weighted by molar-refractivity contribution is -0.0271. The number of aryl methyl sites for hydroxylation is 1. The van der Waals surface area contributed by atoms with Crippen molar-refractivity contribution < 1.29 is 13.9 Å². The number of morpholine rings is 1. The summed E-state index contributed by atoms with van der Waals surface area (Å²) in [7, 11) is 0. The molecular weight excluding hydrogens is 577 g/mol. The van der Waals surface area contributed by atoms with Crippen LogP contribution >= 0.6 is 0 Å². The zero-order valence-corrected chi connectivity index (χ0v) is 26.8. The molecule has 8 heteroatoms. The Hall–Kier alpha value is -3.33. The lowest BCUT2D eigenvalue weighted by atomic mass is 9.93. The van der Waals surface area contributed by atoms with E-state index in [1.165, 1.54) is 31.2 Å². The van der Waals surface area contributed by atoms with Crippen LogP contribution in [0.15, 0.2) is 48.5 Å². The van der Waals surface area contributed by atoms with E-state index in [0.717, 1.165) is 86.1 Å². The molecule has 9 rings (SSSR count). The molecule has 7 nitrogen and oxygen atoms in total. The summed E-state index contributed by atoms with van der Waals surface area (Å²) < 4.78 is 29.3. The highest BCUT2D eigenvalue weighted by atomic mass is 19.1. The Bertz CT molecular complexity index is 1770. The number of ether oxygens (including phenoxy) is 2. The van der Waals surface area contributed by atoms with Crippen molar-refractivity contribution in [2.24, 2.45) is 5.41 Å². The number of anilines is 1. The highest BCUT2D eigenvalue weighted by Crippen LogP contribution is 2.49. The number of hydrogen-bond acceptors (Lipinski definition) is 7. The van der Waals surface area contributed by atoms with Crippen molar-refractivity contribution in [2.75, 3.05) is 44.4 Å². The first kappa shape index (κ1) is 28.9. The predicted molar refractivity (Wildman–Crippen MR) is 180 cm³/mol. The summed E-state index contributed by atoms with van der Waals surface area (Å²) in [6.07, 6.45) is 9.07. The minimum Gasteiger partial charge on any atom is -0.463 e. The average Bonchev–Trinajstić information content (AvgIpc) is 3.71. The topological polar surface area (TPSA) is 62.8 Å². The molecule has 4 aliphatic heterocycles. The van der Waals surface area contributed by atoms with E-state index in [1.807, 2.05) is 24.3 Å². The highest BCUT2D eigenvalue weighted by Gasteiger charge is 2.49. The van der Waals surface area contributed by atoms with Crippen molar-refractivity contribution in [3.63, 3.8) is 0 Å². The van der Waals surface area contributed by atoms with Crippen molar-refractivity contribution in [3.8, 4) is 17.1 Å². The van der Waals surface area contributed by atoms with Gasteiger partial charge in [-0.1, -0.05) is 49.4 Å². The molecule has 1 aromatic heterocycles. The molecule has 0 radical (unpaired) electrons. The maximum Gasteiger partial charge on any atom is 0.319 e. The summed E-state index contributed by atoms with van der Waals surface area (Å²) in [6, 6.07) is 18.8. The fourth-order valence-electron chi connectivity index (χ4n) is 8.81. The molecule has 0 amide bonds. The molecule has 5 aliphatic rings. The van der Waals surface area contributed by atoms with Crippen LogP contribution in [0, 0.1) is 11.2 Å². The fourth-order valence-corrected chi connectivity index (χ4v) is 8.81. The molecule has 1 aliphatic carbocycles. The van der Waals surface area contributed by atoms with Gasteiger partial charge in [0.25, 0.3) is 0 Å². The molecule has 5 fully saturated rings. The second-order valence-electron chi connectivity index (χ2n) is 14.6. The van der Waals surface area contributed by atoms with Crippen molar-refractivity contribution >= 4 is 27.5 Å². The van der Waals surface area contributed by atoms with Gasteiger partial charge >= 0.3 is 6.01 Å². The molecule has 1 N–H and O–H groups in total. The van der Waals surface area contributed by atoms with Crippen LogP contribution in [0.4, 0.5) is 10.2 Å². The molecule has 4 bridgehead atoms. The van der Waals surface area contributed by atoms with Crippen LogP contribution in [0.2, 0.25) is 0 Å². The Morgan fingerprint density at radius 1 is 0.935 bits per heavy atom. The summed E-state index contributed by atoms with van der Waals surface area (Å²) in [5, 5.41) is 6.78. The van der Waals surface area contributed by atoms with Crippen LogP contribution in [0.1, 0.15) is 57.4 Å². The van der Waals surface area contributed by atoms with Gasteiger partial charge in [0, 0.05) is 60.2 Å². The maximum absolute atomic E-state index is 17.0. The van der Waals surface area contributed by atoms with Gasteiger partial charge in [0.15, 0.2) is 5.82 Å². The number of nitrogens with one attached hydrogen (secondary N) is 1. The van der Waals surface area contributed by atoms with E-state index in [-0.39, 0.29) is 11.2 Å². The summed E-state index contributed by atoms with van der Waals surface area (Å²) >= 11 is 0. The largest absolute Gasteiger partial charge is 0.463 e. The Labute approximate surface area is 270 Å². The summed E-state index contributed by atoms with van der Waals surface area (Å²) in [6.45, 7) is 7.18. The van der Waals surface area contributed by atoms with Crippen LogP contribution in [0.5, 0.6) is 6.01 Å². The zero-order chi connectivity index (χ0) is 30.8. The van der Waals surface area contributed by atoms with Gasteiger partial charge in [-0.2, -0.15) is 9.97 Å². The number of hydrogen-bond donors (Lipinski definition) is 1. The first-order valence-electron chi connectivity index (χ1n) is 17.6. The van der Waals surface area contributed by atoms with Crippen LogP contribution in [0.25, 0.3) is 32.8 Å². The van der Waals surface area contributed by atoms with E-state index < -0.39 is 0 Å². The lowest BCUT2D eigenvalue weighted by Crippen LogP contribution is -2.49. The monoisotopic (exact) mass is 621 g/mol. The van der Waals surface area contributed by atoms with Crippen LogP contribution in [0.3, 0.4) is 0 Å². The Morgan fingerprint density at radius 3 is 2.54 bits per heavy atom. The van der Waals surface area contributed by atoms with Gasteiger partial charge < -0.3 is 19.7 Å². The van der Waals surface area contributed by atoms with E-state index in [4.69, 9.17) is 19.4 Å². The molecule has 5 heterocycles. The smallest absolute Gasteiger partial charge is 0.319 e. The first-order valence-corrected chi connectivity index (χ1v) is 17.6. The Kier molecular flexibility index (Phi) is 7.17. The minimum atomic E-state index is -0.301. The molecule has 2 unspecified atom stereocenters. The lowest BCUT2D eigenvalue weighted by Gasteiger charge is -2.37. The number of rotatable bonds is 8. The number of halogens is 1. The quantitative estimate of drug-likeness (QED) is 0.241. The summed E-state index contributed by atoms with van der Waals surface area (Å²) in [5.74, 6) is 0.493. The number of benzene rings is 3. The molecule has 4 saturated heterocycles. The molecule has 0 spiro atoms. The molecule has 240 valence electrons. The summed E-state index contributed by atoms with van der Waals surface area (Å²) in [4.78, 5) is 14.9. The third kappa shape index (κ3) is 5.04. The van der Waals surface area contributed by atoms with Crippen LogP contribution < -0.4 is 15.0 Å². The SMILES string of the molecule is CCc1cccc2cccc(-c3ccc4c(N5CC[C@H]6CC[C@@H](C5)N6)nc(OCC5(CN6C7CCC6COC7)CC5)nc4c3F)c12.